The molecule has 0 aromatic carbocycles. The monoisotopic (exact) mass is 251 g/mol. The molecule has 5 nitrogen and oxygen atoms in total. The maximum absolute atomic E-state index is 12.4. The number of hydrogen-bond acceptors (Lipinski definition) is 4. The largest absolute Gasteiger partial charge is 0.480 e. The number of hydrogen-bond donors (Lipinski definition) is 4. The van der Waals surface area contributed by atoms with Gasteiger partial charge in [-0.2, -0.15) is 12.6 Å². The highest BCUT2D eigenvalue weighted by molar-refractivity contribution is 7.80. The minimum atomic E-state index is -1.07. The van der Waals surface area contributed by atoms with Crippen molar-refractivity contribution < 1.29 is 14.3 Å². The minimum Gasteiger partial charge on any atom is -0.480 e. The van der Waals surface area contributed by atoms with E-state index in [1.165, 1.54) is 4.90 Å². The van der Waals surface area contributed by atoms with Crippen LogP contribution in [0.25, 0.3) is 0 Å². The van der Waals surface area contributed by atoms with Gasteiger partial charge in [-0.3, -0.25) is 5.41 Å². The van der Waals surface area contributed by atoms with Crippen molar-refractivity contribution in [1.29, 1.82) is 5.41 Å². The highest BCUT2D eigenvalue weighted by atomic mass is 32.1. The second kappa shape index (κ2) is 8.35. The van der Waals surface area contributed by atoms with E-state index in [1.807, 2.05) is 0 Å². The molecule has 1 unspecified atom stereocenters. The van der Waals surface area contributed by atoms with Crippen molar-refractivity contribution in [2.75, 3.05) is 25.5 Å². The van der Waals surface area contributed by atoms with Gasteiger partial charge in [0.05, 0.1) is 0 Å². The van der Waals surface area contributed by atoms with Crippen LogP contribution in [-0.2, 0) is 4.79 Å². The van der Waals surface area contributed by atoms with E-state index in [9.17, 15) is 9.18 Å². The summed E-state index contributed by atoms with van der Waals surface area (Å²) in [5, 5.41) is 16.4. The Hall–Kier alpha value is -0.820. The van der Waals surface area contributed by atoms with Gasteiger partial charge in [0, 0.05) is 6.54 Å². The number of nitrogens with zero attached hydrogens (tertiary/aromatic N) is 1. The first-order chi connectivity index (χ1) is 7.58. The molecule has 0 saturated heterocycles. The summed E-state index contributed by atoms with van der Waals surface area (Å²) in [6, 6.07) is -0.896. The van der Waals surface area contributed by atoms with E-state index in [0.717, 1.165) is 0 Å². The van der Waals surface area contributed by atoms with Crippen LogP contribution in [0, 0.1) is 5.41 Å². The average Bonchev–Trinajstić information content (AvgIpc) is 2.27. The highest BCUT2D eigenvalue weighted by Crippen LogP contribution is 2.08. The lowest BCUT2D eigenvalue weighted by atomic mass is 10.1. The molecule has 0 aromatic heterocycles. The predicted molar refractivity (Wildman–Crippen MR) is 64.0 cm³/mol. The standard InChI is InChI=1S/C9H18FN3O2S/c10-6-8(12)13(4-1-3-11)7(2-5-16)9(14)15/h7,12,16H,1-6,11H2,(H,14,15). The van der Waals surface area contributed by atoms with Crippen LogP contribution in [0.2, 0.25) is 0 Å². The molecule has 7 heteroatoms. The number of alkyl halides is 1. The quantitative estimate of drug-likeness (QED) is 0.285. The Morgan fingerprint density at radius 2 is 2.25 bits per heavy atom. The molecule has 0 aliphatic carbocycles. The van der Waals surface area contributed by atoms with Crippen molar-refractivity contribution in [2.45, 2.75) is 18.9 Å². The Bertz CT molecular complexity index is 241. The van der Waals surface area contributed by atoms with Gasteiger partial charge in [0.25, 0.3) is 0 Å². The van der Waals surface area contributed by atoms with Crippen molar-refractivity contribution >= 4 is 24.4 Å². The van der Waals surface area contributed by atoms with Gasteiger partial charge in [0.2, 0.25) is 0 Å². The Balaban J connectivity index is 4.66. The second-order valence-corrected chi connectivity index (χ2v) is 3.73. The Kier molecular flexibility index (Phi) is 7.92. The fourth-order valence-corrected chi connectivity index (χ4v) is 1.60. The number of carboxylic acid groups (broad SMARTS) is 1. The summed E-state index contributed by atoms with van der Waals surface area (Å²) >= 11 is 3.96. The summed E-state index contributed by atoms with van der Waals surface area (Å²) in [6.07, 6.45) is 0.796. The number of amidine groups is 1. The molecule has 0 rings (SSSR count). The molecule has 0 bridgehead atoms. The summed E-state index contributed by atoms with van der Waals surface area (Å²) < 4.78 is 12.4. The molecular weight excluding hydrogens is 233 g/mol. The van der Waals surface area contributed by atoms with Crippen LogP contribution in [0.15, 0.2) is 0 Å². The summed E-state index contributed by atoms with van der Waals surface area (Å²) in [5.74, 6) is -1.01. The fourth-order valence-electron chi connectivity index (χ4n) is 1.35. The molecule has 94 valence electrons. The topological polar surface area (TPSA) is 90.4 Å². The molecule has 1 atom stereocenters. The zero-order valence-corrected chi connectivity index (χ0v) is 9.92. The maximum atomic E-state index is 12.4. The van der Waals surface area contributed by atoms with Crippen LogP contribution in [0.3, 0.4) is 0 Å². The van der Waals surface area contributed by atoms with Crippen molar-refractivity contribution in [3.05, 3.63) is 0 Å². The molecule has 4 N–H and O–H groups in total. The second-order valence-electron chi connectivity index (χ2n) is 3.28. The Morgan fingerprint density at radius 3 is 2.62 bits per heavy atom. The van der Waals surface area contributed by atoms with Gasteiger partial charge in [0.1, 0.15) is 18.6 Å². The molecule has 0 saturated carbocycles. The summed E-state index contributed by atoms with van der Waals surface area (Å²) in [7, 11) is 0. The zero-order chi connectivity index (χ0) is 12.6. The molecule has 0 fully saturated rings. The number of rotatable bonds is 8. The third-order valence-electron chi connectivity index (χ3n) is 2.14. The number of carbonyl (C=O) groups is 1. The van der Waals surface area contributed by atoms with E-state index in [2.05, 4.69) is 12.6 Å². The first-order valence-electron chi connectivity index (χ1n) is 5.02. The maximum Gasteiger partial charge on any atom is 0.326 e. The zero-order valence-electron chi connectivity index (χ0n) is 9.03. The molecular formula is C9H18FN3O2S. The molecule has 16 heavy (non-hydrogen) atoms. The van der Waals surface area contributed by atoms with Crippen LogP contribution >= 0.6 is 12.6 Å². The molecule has 0 spiro atoms. The lowest BCUT2D eigenvalue weighted by molar-refractivity contribution is -0.141. The van der Waals surface area contributed by atoms with Gasteiger partial charge >= 0.3 is 5.97 Å². The first kappa shape index (κ1) is 15.2. The van der Waals surface area contributed by atoms with Crippen LogP contribution in [-0.4, -0.2) is 53.4 Å². The number of carboxylic acids is 1. The van der Waals surface area contributed by atoms with Gasteiger partial charge in [-0.1, -0.05) is 0 Å². The van der Waals surface area contributed by atoms with Crippen LogP contribution in [0.4, 0.5) is 4.39 Å². The number of aliphatic carboxylic acids is 1. The highest BCUT2D eigenvalue weighted by Gasteiger charge is 2.26. The van der Waals surface area contributed by atoms with Crippen molar-refractivity contribution in [1.82, 2.24) is 4.90 Å². The summed E-state index contributed by atoms with van der Waals surface area (Å²) in [6.45, 7) is -0.311. The van der Waals surface area contributed by atoms with E-state index in [-0.39, 0.29) is 18.8 Å². The SMILES string of the molecule is N=C(CF)N(CCCN)C(CCS)C(=O)O. The first-order valence-corrected chi connectivity index (χ1v) is 5.65. The van der Waals surface area contributed by atoms with Crippen LogP contribution in [0.1, 0.15) is 12.8 Å². The number of halogens is 1. The number of nitrogens with two attached hydrogens (primary N) is 1. The number of thiol groups is 1. The van der Waals surface area contributed by atoms with Crippen molar-refractivity contribution in [3.8, 4) is 0 Å². The molecule has 0 amide bonds. The summed E-state index contributed by atoms with van der Waals surface area (Å²) in [4.78, 5) is 12.2. The van der Waals surface area contributed by atoms with Crippen LogP contribution in [0.5, 0.6) is 0 Å². The van der Waals surface area contributed by atoms with E-state index in [0.29, 0.717) is 18.7 Å². The molecule has 0 aliphatic heterocycles. The number of nitrogens with one attached hydrogen (secondary N) is 1. The van der Waals surface area contributed by atoms with Gasteiger partial charge < -0.3 is 15.7 Å². The third-order valence-corrected chi connectivity index (χ3v) is 2.40. The lowest BCUT2D eigenvalue weighted by Crippen LogP contribution is -2.46. The normalized spacial score (nSPS) is 12.2. The molecule has 0 aliphatic rings. The van der Waals surface area contributed by atoms with Gasteiger partial charge in [-0.15, -0.1) is 0 Å². The Morgan fingerprint density at radius 1 is 1.62 bits per heavy atom. The summed E-state index contributed by atoms with van der Waals surface area (Å²) in [5.41, 5.74) is 5.32. The van der Waals surface area contributed by atoms with E-state index in [1.54, 1.807) is 0 Å². The molecule has 0 heterocycles. The van der Waals surface area contributed by atoms with Crippen LogP contribution < -0.4 is 5.73 Å². The Labute approximate surface area is 99.7 Å². The van der Waals surface area contributed by atoms with Gasteiger partial charge in [-0.05, 0) is 25.1 Å². The minimum absolute atomic E-state index is 0.269. The lowest BCUT2D eigenvalue weighted by Gasteiger charge is -2.29. The average molecular weight is 251 g/mol. The molecule has 0 aromatic rings. The molecule has 0 radical (unpaired) electrons. The van der Waals surface area contributed by atoms with Gasteiger partial charge in [-0.25, -0.2) is 9.18 Å². The smallest absolute Gasteiger partial charge is 0.326 e. The van der Waals surface area contributed by atoms with Gasteiger partial charge in [0.15, 0.2) is 0 Å². The van der Waals surface area contributed by atoms with Crippen molar-refractivity contribution in [3.63, 3.8) is 0 Å². The third kappa shape index (κ3) is 4.80. The van der Waals surface area contributed by atoms with E-state index < -0.39 is 18.7 Å². The van der Waals surface area contributed by atoms with Crippen molar-refractivity contribution in [2.24, 2.45) is 5.73 Å². The van der Waals surface area contributed by atoms with E-state index in [4.69, 9.17) is 16.2 Å². The predicted octanol–water partition coefficient (Wildman–Crippen LogP) is 0.357. The van der Waals surface area contributed by atoms with E-state index >= 15 is 0 Å². The fraction of sp³-hybridized carbons (Fsp3) is 0.778.